The second kappa shape index (κ2) is 22.1. The summed E-state index contributed by atoms with van der Waals surface area (Å²) in [5, 5.41) is 9.44. The Balaban J connectivity index is 0.000000286. The number of ether oxygens (including phenoxy) is 2. The molecule has 2 aliphatic rings. The fourth-order valence-corrected chi connectivity index (χ4v) is 5.52. The predicted molar refractivity (Wildman–Crippen MR) is 205 cm³/mol. The molecule has 0 spiro atoms. The van der Waals surface area contributed by atoms with Gasteiger partial charge in [-0.3, -0.25) is 14.6 Å². The molecule has 2 aliphatic heterocycles. The summed E-state index contributed by atoms with van der Waals surface area (Å²) in [6.45, 7) is 23.1. The maximum Gasteiger partial charge on any atom is 0.231 e. The molecule has 0 unspecified atom stereocenters. The van der Waals surface area contributed by atoms with Gasteiger partial charge in [-0.15, -0.1) is 0 Å². The zero-order chi connectivity index (χ0) is 36.3. The summed E-state index contributed by atoms with van der Waals surface area (Å²) >= 11 is 2.02. The van der Waals surface area contributed by atoms with Crippen molar-refractivity contribution in [2.45, 2.75) is 74.4 Å². The minimum Gasteiger partial charge on any atom is -0.383 e. The van der Waals surface area contributed by atoms with Crippen LogP contribution in [0.1, 0.15) is 71.1 Å². The smallest absolute Gasteiger partial charge is 0.231 e. The first-order valence-corrected chi connectivity index (χ1v) is 18.8. The zero-order valence-electron chi connectivity index (χ0n) is 31.6. The van der Waals surface area contributed by atoms with Gasteiger partial charge in [-0.05, 0) is 48.6 Å². The molecule has 1 amide bonds. The number of pyridine rings is 2. The molecule has 11 nitrogen and oxygen atoms in total. The molecule has 276 valence electrons. The Kier molecular flexibility index (Phi) is 19.1. The number of carbonyl (C=O) groups excluding carboxylic acids is 2. The summed E-state index contributed by atoms with van der Waals surface area (Å²) in [6.07, 6.45) is 6.48. The van der Waals surface area contributed by atoms with Gasteiger partial charge in [0.2, 0.25) is 5.91 Å². The van der Waals surface area contributed by atoms with Gasteiger partial charge in [0.1, 0.15) is 17.9 Å². The third-order valence-corrected chi connectivity index (χ3v) is 9.99. The number of morpholine rings is 1. The van der Waals surface area contributed by atoms with Crippen LogP contribution in [0.4, 0.5) is 17.3 Å². The second-order valence-corrected chi connectivity index (χ2v) is 15.0. The van der Waals surface area contributed by atoms with Gasteiger partial charge in [0.25, 0.3) is 0 Å². The topological polar surface area (TPSA) is 121 Å². The van der Waals surface area contributed by atoms with Gasteiger partial charge in [-0.25, -0.2) is 9.97 Å². The van der Waals surface area contributed by atoms with Crippen molar-refractivity contribution in [3.05, 3.63) is 41.2 Å². The number of hydrogen-bond donors (Lipinski definition) is 3. The first-order chi connectivity index (χ1) is 23.4. The molecule has 0 radical (unpaired) electrons. The lowest BCUT2D eigenvalue weighted by Gasteiger charge is -2.27. The van der Waals surface area contributed by atoms with E-state index >= 15 is 0 Å². The fourth-order valence-electron chi connectivity index (χ4n) is 4.55. The molecule has 2 saturated heterocycles. The number of anilines is 3. The molecule has 3 N–H and O–H groups in total. The van der Waals surface area contributed by atoms with Crippen molar-refractivity contribution in [3.8, 4) is 0 Å². The van der Waals surface area contributed by atoms with E-state index in [9.17, 15) is 9.59 Å². The highest BCUT2D eigenvalue weighted by molar-refractivity contribution is 7.99. The van der Waals surface area contributed by atoms with Crippen LogP contribution < -0.4 is 16.0 Å². The summed E-state index contributed by atoms with van der Waals surface area (Å²) in [4.78, 5) is 36.0. The van der Waals surface area contributed by atoms with Gasteiger partial charge in [-0.1, -0.05) is 41.5 Å². The minimum atomic E-state index is -0.364. The third kappa shape index (κ3) is 15.8. The molecule has 0 aromatic carbocycles. The van der Waals surface area contributed by atoms with E-state index in [0.29, 0.717) is 12.4 Å². The van der Waals surface area contributed by atoms with Crippen molar-refractivity contribution in [2.24, 2.45) is 10.8 Å². The lowest BCUT2D eigenvalue weighted by Crippen LogP contribution is -2.35. The van der Waals surface area contributed by atoms with Crippen molar-refractivity contribution in [1.29, 1.82) is 0 Å². The van der Waals surface area contributed by atoms with Crippen LogP contribution in [0.15, 0.2) is 24.5 Å². The van der Waals surface area contributed by atoms with E-state index in [1.807, 2.05) is 78.8 Å². The molecule has 0 atom stereocenters. The molecule has 49 heavy (non-hydrogen) atoms. The number of nitrogens with one attached hydrogen (secondary N) is 3. The van der Waals surface area contributed by atoms with E-state index in [1.54, 1.807) is 7.11 Å². The van der Waals surface area contributed by atoms with Gasteiger partial charge >= 0.3 is 0 Å². The summed E-state index contributed by atoms with van der Waals surface area (Å²) < 4.78 is 10.5. The zero-order valence-corrected chi connectivity index (χ0v) is 32.4. The number of nitrogens with zero attached hydrogens (tertiary/aromatic N) is 4. The number of rotatable bonds is 14. The monoisotopic (exact) mass is 701 g/mol. The number of carbonyl (C=O) groups is 2. The predicted octanol–water partition coefficient (Wildman–Crippen LogP) is 5.95. The number of hydrogen-bond acceptors (Lipinski definition) is 11. The molecule has 2 aromatic heterocycles. The fraction of sp³-hybridized carbons (Fsp3) is 0.676. The normalized spacial score (nSPS) is 15.6. The van der Waals surface area contributed by atoms with Gasteiger partial charge in [0, 0.05) is 88.5 Å². The third-order valence-electron chi connectivity index (χ3n) is 9.05. The van der Waals surface area contributed by atoms with E-state index in [0.717, 1.165) is 89.7 Å². The van der Waals surface area contributed by atoms with Crippen LogP contribution in [0.25, 0.3) is 0 Å². The second-order valence-electron chi connectivity index (χ2n) is 13.8. The van der Waals surface area contributed by atoms with Crippen molar-refractivity contribution < 1.29 is 19.1 Å². The number of aromatic nitrogens is 2. The summed E-state index contributed by atoms with van der Waals surface area (Å²) in [6, 6.07) is 4.13. The Morgan fingerprint density at radius 2 is 1.57 bits per heavy atom. The highest BCUT2D eigenvalue weighted by atomic mass is 32.2. The van der Waals surface area contributed by atoms with Crippen LogP contribution in [0.5, 0.6) is 0 Å². The van der Waals surface area contributed by atoms with Gasteiger partial charge in [-0.2, -0.15) is 11.8 Å². The van der Waals surface area contributed by atoms with Gasteiger partial charge in [0.15, 0.2) is 0 Å². The number of thioether (sulfide) groups is 1. The van der Waals surface area contributed by atoms with E-state index in [4.69, 9.17) is 9.47 Å². The maximum absolute atomic E-state index is 12.3. The highest BCUT2D eigenvalue weighted by Crippen LogP contribution is 2.24. The molecule has 4 heterocycles. The average Bonchev–Trinajstić information content (AvgIpc) is 3.11. The van der Waals surface area contributed by atoms with E-state index in [2.05, 4.69) is 48.7 Å². The molecule has 12 heteroatoms. The van der Waals surface area contributed by atoms with Gasteiger partial charge in [0.05, 0.1) is 31.7 Å². The summed E-state index contributed by atoms with van der Waals surface area (Å²) in [5.74, 6) is 4.01. The maximum atomic E-state index is 12.3. The van der Waals surface area contributed by atoms with Crippen LogP contribution in [0, 0.1) is 17.8 Å². The van der Waals surface area contributed by atoms with Crippen molar-refractivity contribution in [2.75, 3.05) is 94.2 Å². The Hall–Kier alpha value is -2.77. The number of methoxy groups -OCH3 is 1. The molecule has 2 aromatic rings. The summed E-state index contributed by atoms with van der Waals surface area (Å²) in [7, 11) is 3.59. The SMILES string of the molecule is CCC(C)(C)C(=O)Nc1cc(CN2CCSCC2)c(C)cn1.CCC(C)(C)C=O.CNc1cc(CN2CCOCC2)c(NCCOC)cn1. The quantitative estimate of drug-likeness (QED) is 0.160. The van der Waals surface area contributed by atoms with Crippen LogP contribution >= 0.6 is 11.8 Å². The molecule has 0 saturated carbocycles. The summed E-state index contributed by atoms with van der Waals surface area (Å²) in [5.41, 5.74) is 4.31. The Morgan fingerprint density at radius 1 is 0.959 bits per heavy atom. The average molecular weight is 702 g/mol. The van der Waals surface area contributed by atoms with Crippen LogP contribution in [-0.4, -0.2) is 110 Å². The highest BCUT2D eigenvalue weighted by Gasteiger charge is 2.26. The lowest BCUT2D eigenvalue weighted by molar-refractivity contribution is -0.124. The van der Waals surface area contributed by atoms with Gasteiger partial charge < -0.3 is 30.2 Å². The Morgan fingerprint density at radius 3 is 2.14 bits per heavy atom. The Bertz CT molecular complexity index is 1270. The van der Waals surface area contributed by atoms with Crippen LogP contribution in [0.2, 0.25) is 0 Å². The standard InChI is InChI=1S/C17H27N3OS.C14H24N4O2.C6H12O/c1-5-17(3,4)16(21)19-15-10-14(13(2)11-18-15)12-20-6-8-22-9-7-20;1-15-14-9-12(11-18-4-7-20-8-5-18)13(10-17-14)16-3-6-19-2;1-4-6(2,3)5-7/h10-11H,5-9,12H2,1-4H3,(H,18,19,21);9-10,16H,3-8,11H2,1-2H3,(H,15,17);5H,4H2,1-3H3. The number of amides is 1. The molecule has 4 rings (SSSR count). The van der Waals surface area contributed by atoms with E-state index in [1.165, 1.54) is 28.2 Å². The molecule has 0 bridgehead atoms. The molecule has 2 fully saturated rings. The lowest BCUT2D eigenvalue weighted by atomic mass is 9.89. The van der Waals surface area contributed by atoms with E-state index in [-0.39, 0.29) is 16.7 Å². The van der Waals surface area contributed by atoms with Crippen molar-refractivity contribution in [3.63, 3.8) is 0 Å². The van der Waals surface area contributed by atoms with Crippen LogP contribution in [0.3, 0.4) is 0 Å². The first-order valence-electron chi connectivity index (χ1n) is 17.6. The Labute approximate surface area is 300 Å². The van der Waals surface area contributed by atoms with Crippen molar-refractivity contribution >= 4 is 41.3 Å². The minimum absolute atomic E-state index is 0.0340. The first kappa shape index (κ1) is 42.4. The molecular formula is C37H63N7O4S. The van der Waals surface area contributed by atoms with E-state index < -0.39 is 0 Å². The molecule has 0 aliphatic carbocycles. The van der Waals surface area contributed by atoms with Crippen molar-refractivity contribution in [1.82, 2.24) is 19.8 Å². The van der Waals surface area contributed by atoms with Crippen LogP contribution in [-0.2, 0) is 32.2 Å². The number of aryl methyl sites for hydroxylation is 1. The number of aldehydes is 1. The largest absolute Gasteiger partial charge is 0.383 e. The molecular weight excluding hydrogens is 639 g/mol.